The molecular weight excluding hydrogens is 450 g/mol. The first-order valence-corrected chi connectivity index (χ1v) is 9.74. The highest BCUT2D eigenvalue weighted by Gasteiger charge is 2.31. The number of alkyl halides is 6. The molecule has 3 aromatic rings. The molecule has 0 atom stereocenters. The third-order valence-electron chi connectivity index (χ3n) is 3.97. The van der Waals surface area contributed by atoms with E-state index in [1.165, 1.54) is 17.4 Å². The first kappa shape index (κ1) is 22.8. The zero-order chi connectivity index (χ0) is 22.6. The Hall–Kier alpha value is -2.89. The first-order chi connectivity index (χ1) is 14.5. The average molecular weight is 466 g/mol. The Labute approximate surface area is 176 Å². The Balaban J connectivity index is 1.62. The summed E-state index contributed by atoms with van der Waals surface area (Å²) in [6.45, 7) is -3.20. The number of aromatic nitrogens is 1. The highest BCUT2D eigenvalue weighted by atomic mass is 32.1. The molecule has 2 N–H and O–H groups in total. The van der Waals surface area contributed by atoms with Gasteiger partial charge in [-0.25, -0.2) is 0 Å². The maximum Gasteiger partial charge on any atom is 0.422 e. The van der Waals surface area contributed by atoms with Crippen molar-refractivity contribution in [1.29, 1.82) is 0 Å². The summed E-state index contributed by atoms with van der Waals surface area (Å²) in [6.07, 6.45) is -9.12. The summed E-state index contributed by atoms with van der Waals surface area (Å²) in [6, 6.07) is 7.19. The fraction of sp³-hybridized carbons (Fsp3) is 0.316. The highest BCUT2D eigenvalue weighted by Crippen LogP contribution is 2.32. The molecule has 1 amide bonds. The minimum absolute atomic E-state index is 0.146. The molecule has 0 bridgehead atoms. The van der Waals surface area contributed by atoms with E-state index in [0.29, 0.717) is 11.3 Å². The molecule has 31 heavy (non-hydrogen) atoms. The van der Waals surface area contributed by atoms with Crippen LogP contribution in [0, 0.1) is 0 Å². The van der Waals surface area contributed by atoms with Crippen molar-refractivity contribution in [2.45, 2.75) is 18.8 Å². The maximum absolute atomic E-state index is 12.5. The van der Waals surface area contributed by atoms with Gasteiger partial charge in [-0.3, -0.25) is 4.79 Å². The smallest absolute Gasteiger partial charge is 0.422 e. The van der Waals surface area contributed by atoms with Gasteiger partial charge in [0, 0.05) is 6.54 Å². The van der Waals surface area contributed by atoms with Crippen molar-refractivity contribution in [3.8, 4) is 11.5 Å². The molecule has 0 aliphatic heterocycles. The van der Waals surface area contributed by atoms with E-state index in [2.05, 4.69) is 19.8 Å². The molecule has 12 heteroatoms. The summed E-state index contributed by atoms with van der Waals surface area (Å²) in [7, 11) is 0. The number of thiophene rings is 1. The van der Waals surface area contributed by atoms with Crippen molar-refractivity contribution in [3.63, 3.8) is 0 Å². The van der Waals surface area contributed by atoms with Gasteiger partial charge in [-0.15, -0.1) is 11.3 Å². The number of aromatic amines is 1. The molecule has 5 nitrogen and oxygen atoms in total. The number of ether oxygens (including phenoxy) is 2. The van der Waals surface area contributed by atoms with Gasteiger partial charge in [0.25, 0.3) is 5.91 Å². The molecule has 2 heterocycles. The first-order valence-electron chi connectivity index (χ1n) is 8.87. The topological polar surface area (TPSA) is 63.4 Å². The van der Waals surface area contributed by atoms with Crippen LogP contribution in [0.4, 0.5) is 26.3 Å². The molecule has 0 saturated heterocycles. The van der Waals surface area contributed by atoms with Crippen molar-refractivity contribution >= 4 is 27.5 Å². The predicted molar refractivity (Wildman–Crippen MR) is 102 cm³/mol. The molecule has 1 aromatic carbocycles. The predicted octanol–water partition coefficient (Wildman–Crippen LogP) is 5.08. The lowest BCUT2D eigenvalue weighted by atomic mass is 10.1. The van der Waals surface area contributed by atoms with Gasteiger partial charge in [0.1, 0.15) is 5.69 Å². The van der Waals surface area contributed by atoms with Crippen LogP contribution in [-0.2, 0) is 6.42 Å². The van der Waals surface area contributed by atoms with Gasteiger partial charge in [0.2, 0.25) is 0 Å². The summed E-state index contributed by atoms with van der Waals surface area (Å²) in [5, 5.41) is 4.55. The van der Waals surface area contributed by atoms with E-state index in [1.54, 1.807) is 6.07 Å². The summed E-state index contributed by atoms with van der Waals surface area (Å²) in [5.74, 6) is -1.28. The number of rotatable bonds is 8. The zero-order valence-corrected chi connectivity index (χ0v) is 16.5. The number of carbonyl (C=O) groups is 1. The van der Waals surface area contributed by atoms with Gasteiger partial charge in [-0.1, -0.05) is 6.07 Å². The number of carbonyl (C=O) groups excluding carboxylic acids is 1. The number of benzene rings is 1. The Bertz CT molecular complexity index is 1010. The number of halogens is 6. The van der Waals surface area contributed by atoms with Crippen LogP contribution >= 0.6 is 11.3 Å². The van der Waals surface area contributed by atoms with E-state index < -0.39 is 37.1 Å². The number of amides is 1. The third kappa shape index (κ3) is 6.81. The lowest BCUT2D eigenvalue weighted by Crippen LogP contribution is -2.26. The number of hydrogen-bond acceptors (Lipinski definition) is 4. The third-order valence-corrected chi connectivity index (χ3v) is 4.84. The number of H-pyrrole nitrogens is 1. The molecule has 0 saturated carbocycles. The monoisotopic (exact) mass is 466 g/mol. The number of hydrogen-bond donors (Lipinski definition) is 2. The van der Waals surface area contributed by atoms with Crippen molar-refractivity contribution in [3.05, 3.63) is 47.0 Å². The Morgan fingerprint density at radius 1 is 0.968 bits per heavy atom. The van der Waals surface area contributed by atoms with Gasteiger partial charge in [-0.05, 0) is 41.6 Å². The number of fused-ring (bicyclic) bond motifs is 1. The normalized spacial score (nSPS) is 12.2. The van der Waals surface area contributed by atoms with E-state index >= 15 is 0 Å². The van der Waals surface area contributed by atoms with E-state index in [4.69, 9.17) is 0 Å². The van der Waals surface area contributed by atoms with Crippen LogP contribution in [0.15, 0.2) is 35.7 Å². The van der Waals surface area contributed by atoms with Crippen molar-refractivity contribution in [2.75, 3.05) is 19.8 Å². The van der Waals surface area contributed by atoms with Crippen molar-refractivity contribution in [2.24, 2.45) is 0 Å². The van der Waals surface area contributed by atoms with E-state index in [0.717, 1.165) is 22.3 Å². The van der Waals surface area contributed by atoms with Gasteiger partial charge in [-0.2, -0.15) is 26.3 Å². The fourth-order valence-electron chi connectivity index (χ4n) is 2.65. The van der Waals surface area contributed by atoms with Crippen LogP contribution in [0.1, 0.15) is 16.1 Å². The molecular formula is C19H16F6N2O3S. The van der Waals surface area contributed by atoms with Gasteiger partial charge < -0.3 is 19.8 Å². The second kappa shape index (κ2) is 9.08. The van der Waals surface area contributed by atoms with Crippen LogP contribution in [0.2, 0.25) is 0 Å². The molecule has 0 spiro atoms. The SMILES string of the molecule is O=C(NCCc1ccc(OCC(F)(F)F)c(OCC(F)(F)F)c1)c1cc2sccc2[nH]1. The summed E-state index contributed by atoms with van der Waals surface area (Å²) < 4.78 is 84.6. The van der Waals surface area contributed by atoms with Crippen LogP contribution in [0.5, 0.6) is 11.5 Å². The molecule has 2 aromatic heterocycles. The van der Waals surface area contributed by atoms with Gasteiger partial charge in [0.05, 0.1) is 10.2 Å². The summed E-state index contributed by atoms with van der Waals surface area (Å²) >= 11 is 1.47. The summed E-state index contributed by atoms with van der Waals surface area (Å²) in [5.41, 5.74) is 1.65. The van der Waals surface area contributed by atoms with Gasteiger partial charge in [0.15, 0.2) is 24.7 Å². The molecule has 0 aliphatic rings. The van der Waals surface area contributed by atoms with Crippen LogP contribution < -0.4 is 14.8 Å². The van der Waals surface area contributed by atoms with E-state index in [1.807, 2.05) is 11.4 Å². The lowest BCUT2D eigenvalue weighted by molar-refractivity contribution is -0.158. The maximum atomic E-state index is 12.5. The second-order valence-corrected chi connectivity index (χ2v) is 7.42. The fourth-order valence-corrected chi connectivity index (χ4v) is 3.43. The zero-order valence-electron chi connectivity index (χ0n) is 15.7. The quantitative estimate of drug-likeness (QED) is 0.455. The highest BCUT2D eigenvalue weighted by molar-refractivity contribution is 7.17. The van der Waals surface area contributed by atoms with E-state index in [9.17, 15) is 31.1 Å². The van der Waals surface area contributed by atoms with Crippen LogP contribution in [0.25, 0.3) is 10.2 Å². The minimum atomic E-state index is -4.67. The van der Waals surface area contributed by atoms with Crippen molar-refractivity contribution in [1.82, 2.24) is 10.3 Å². The molecule has 0 fully saturated rings. The average Bonchev–Trinajstić information content (AvgIpc) is 3.26. The molecule has 168 valence electrons. The molecule has 3 rings (SSSR count). The van der Waals surface area contributed by atoms with Crippen LogP contribution in [0.3, 0.4) is 0 Å². The minimum Gasteiger partial charge on any atom is -0.480 e. The second-order valence-electron chi connectivity index (χ2n) is 6.48. The largest absolute Gasteiger partial charge is 0.480 e. The molecule has 0 unspecified atom stereocenters. The van der Waals surface area contributed by atoms with Crippen LogP contribution in [-0.4, -0.2) is 43.0 Å². The molecule has 0 aliphatic carbocycles. The Morgan fingerprint density at radius 3 is 2.29 bits per heavy atom. The Morgan fingerprint density at radius 2 is 1.65 bits per heavy atom. The lowest BCUT2D eigenvalue weighted by Gasteiger charge is -2.16. The van der Waals surface area contributed by atoms with Crippen molar-refractivity contribution < 1.29 is 40.6 Å². The standard InChI is InChI=1S/C19H16F6N2O3S/c20-18(21,22)9-29-14-2-1-11(7-15(14)30-10-19(23,24)25)3-5-26-17(28)13-8-16-12(27-13)4-6-31-16/h1-2,4,6-8,27H,3,5,9-10H2,(H,26,28). The Kier molecular flexibility index (Phi) is 6.68. The van der Waals surface area contributed by atoms with Gasteiger partial charge >= 0.3 is 12.4 Å². The number of nitrogens with one attached hydrogen (secondary N) is 2. The van der Waals surface area contributed by atoms with E-state index in [-0.39, 0.29) is 18.9 Å². The summed E-state index contributed by atoms with van der Waals surface area (Å²) in [4.78, 5) is 15.2. The molecule has 0 radical (unpaired) electrons.